The van der Waals surface area contributed by atoms with Crippen LogP contribution in [-0.2, 0) is 0 Å². The van der Waals surface area contributed by atoms with Gasteiger partial charge in [-0.25, -0.2) is 0 Å². The Labute approximate surface area is 121 Å². The fourth-order valence-electron chi connectivity index (χ4n) is 3.20. The Balaban J connectivity index is 2.69. The van der Waals surface area contributed by atoms with Crippen LogP contribution in [0.15, 0.2) is 0 Å². The molecule has 1 aliphatic heterocycles. The molecule has 2 heteroatoms. The Morgan fingerprint density at radius 2 is 1.84 bits per heavy atom. The Bertz CT molecular complexity index is 256. The van der Waals surface area contributed by atoms with Crippen LogP contribution in [0.1, 0.15) is 67.7 Å². The number of hydrogen-bond donors (Lipinski definition) is 1. The molecule has 1 N–H and O–H groups in total. The molecule has 0 aromatic heterocycles. The van der Waals surface area contributed by atoms with Crippen molar-refractivity contribution in [2.24, 2.45) is 11.3 Å². The summed E-state index contributed by atoms with van der Waals surface area (Å²) in [7, 11) is 0. The van der Waals surface area contributed by atoms with Crippen LogP contribution in [-0.4, -0.2) is 36.1 Å². The molecule has 0 saturated carbocycles. The zero-order valence-electron chi connectivity index (χ0n) is 14.3. The predicted octanol–water partition coefficient (Wildman–Crippen LogP) is 3.91. The van der Waals surface area contributed by atoms with Gasteiger partial charge in [0.05, 0.1) is 0 Å². The van der Waals surface area contributed by atoms with E-state index in [1.807, 2.05) is 0 Å². The van der Waals surface area contributed by atoms with Gasteiger partial charge in [-0.3, -0.25) is 4.90 Å². The van der Waals surface area contributed by atoms with E-state index >= 15 is 0 Å². The van der Waals surface area contributed by atoms with Crippen molar-refractivity contribution in [1.82, 2.24) is 10.2 Å². The molecule has 4 atom stereocenters. The smallest absolute Gasteiger partial charge is 0.0244 e. The third kappa shape index (κ3) is 4.75. The first-order chi connectivity index (χ1) is 8.79. The SMILES string of the molecule is CCC(C)CC(C)N1CC(C(C)(C)C)NCC1CC. The van der Waals surface area contributed by atoms with Crippen molar-refractivity contribution in [3.8, 4) is 0 Å². The third-order valence-corrected chi connectivity index (χ3v) is 4.99. The molecule has 1 saturated heterocycles. The molecule has 1 heterocycles. The van der Waals surface area contributed by atoms with Crippen molar-refractivity contribution in [2.45, 2.75) is 85.9 Å². The fourth-order valence-corrected chi connectivity index (χ4v) is 3.20. The number of nitrogens with zero attached hydrogens (tertiary/aromatic N) is 1. The highest BCUT2D eigenvalue weighted by atomic mass is 15.3. The molecule has 114 valence electrons. The van der Waals surface area contributed by atoms with E-state index < -0.39 is 0 Å². The van der Waals surface area contributed by atoms with E-state index in [1.165, 1.54) is 25.8 Å². The van der Waals surface area contributed by atoms with Gasteiger partial charge in [0.25, 0.3) is 0 Å². The second kappa shape index (κ2) is 7.08. The third-order valence-electron chi connectivity index (χ3n) is 4.99. The molecule has 1 rings (SSSR count). The van der Waals surface area contributed by atoms with Crippen molar-refractivity contribution < 1.29 is 0 Å². The lowest BCUT2D eigenvalue weighted by atomic mass is 9.83. The van der Waals surface area contributed by atoms with E-state index in [2.05, 4.69) is 58.7 Å². The molecular weight excluding hydrogens is 232 g/mol. The van der Waals surface area contributed by atoms with Gasteiger partial charge in [0.1, 0.15) is 0 Å². The van der Waals surface area contributed by atoms with Crippen molar-refractivity contribution in [1.29, 1.82) is 0 Å². The van der Waals surface area contributed by atoms with E-state index in [4.69, 9.17) is 0 Å². The van der Waals surface area contributed by atoms with Crippen molar-refractivity contribution in [3.63, 3.8) is 0 Å². The molecule has 0 amide bonds. The highest BCUT2D eigenvalue weighted by Gasteiger charge is 2.35. The zero-order chi connectivity index (χ0) is 14.6. The number of hydrogen-bond acceptors (Lipinski definition) is 2. The van der Waals surface area contributed by atoms with Crippen LogP contribution in [0.5, 0.6) is 0 Å². The molecule has 0 aromatic carbocycles. The van der Waals surface area contributed by atoms with Crippen LogP contribution < -0.4 is 5.32 Å². The normalized spacial score (nSPS) is 29.2. The van der Waals surface area contributed by atoms with Gasteiger partial charge in [0, 0.05) is 31.2 Å². The highest BCUT2D eigenvalue weighted by molar-refractivity contribution is 4.93. The predicted molar refractivity (Wildman–Crippen MR) is 85.6 cm³/mol. The van der Waals surface area contributed by atoms with Gasteiger partial charge in [-0.15, -0.1) is 0 Å². The molecule has 2 nitrogen and oxygen atoms in total. The Hall–Kier alpha value is -0.0800. The Morgan fingerprint density at radius 3 is 2.32 bits per heavy atom. The molecule has 19 heavy (non-hydrogen) atoms. The van der Waals surface area contributed by atoms with Crippen LogP contribution in [0, 0.1) is 11.3 Å². The molecule has 0 spiro atoms. The first-order valence-electron chi connectivity index (χ1n) is 8.28. The number of rotatable bonds is 5. The van der Waals surface area contributed by atoms with Gasteiger partial charge in [0.2, 0.25) is 0 Å². The lowest BCUT2D eigenvalue weighted by Gasteiger charge is -2.47. The summed E-state index contributed by atoms with van der Waals surface area (Å²) in [6.07, 6.45) is 3.90. The number of nitrogens with one attached hydrogen (secondary N) is 1. The lowest BCUT2D eigenvalue weighted by Crippen LogP contribution is -2.62. The fraction of sp³-hybridized carbons (Fsp3) is 1.00. The summed E-state index contributed by atoms with van der Waals surface area (Å²) in [6, 6.07) is 2.05. The van der Waals surface area contributed by atoms with Crippen molar-refractivity contribution in [3.05, 3.63) is 0 Å². The maximum atomic E-state index is 3.77. The molecule has 0 bridgehead atoms. The van der Waals surface area contributed by atoms with Crippen LogP contribution >= 0.6 is 0 Å². The van der Waals surface area contributed by atoms with E-state index in [1.54, 1.807) is 0 Å². The van der Waals surface area contributed by atoms with Gasteiger partial charge in [-0.1, -0.05) is 48.0 Å². The van der Waals surface area contributed by atoms with Gasteiger partial charge in [0.15, 0.2) is 0 Å². The molecule has 0 radical (unpaired) electrons. The van der Waals surface area contributed by atoms with Crippen LogP contribution in [0.25, 0.3) is 0 Å². The van der Waals surface area contributed by atoms with Crippen molar-refractivity contribution >= 4 is 0 Å². The quantitative estimate of drug-likeness (QED) is 0.813. The molecule has 4 unspecified atom stereocenters. The summed E-state index contributed by atoms with van der Waals surface area (Å²) in [5.74, 6) is 0.843. The maximum absolute atomic E-state index is 3.77. The van der Waals surface area contributed by atoms with Crippen molar-refractivity contribution in [2.75, 3.05) is 13.1 Å². The minimum Gasteiger partial charge on any atom is -0.311 e. The molecule has 0 aliphatic carbocycles. The van der Waals surface area contributed by atoms with E-state index in [-0.39, 0.29) is 0 Å². The largest absolute Gasteiger partial charge is 0.311 e. The Kier molecular flexibility index (Phi) is 6.32. The summed E-state index contributed by atoms with van der Waals surface area (Å²) in [5, 5.41) is 3.77. The first-order valence-corrected chi connectivity index (χ1v) is 8.28. The standard InChI is InChI=1S/C17H36N2/c1-8-13(3)10-14(4)19-12-16(17(5,6)7)18-11-15(19)9-2/h13-16,18H,8-12H2,1-7H3. The summed E-state index contributed by atoms with van der Waals surface area (Å²) >= 11 is 0. The summed E-state index contributed by atoms with van der Waals surface area (Å²) < 4.78 is 0. The lowest BCUT2D eigenvalue weighted by molar-refractivity contribution is 0.0453. The van der Waals surface area contributed by atoms with Crippen LogP contribution in [0.3, 0.4) is 0 Å². The van der Waals surface area contributed by atoms with Gasteiger partial charge >= 0.3 is 0 Å². The minimum absolute atomic E-state index is 0.354. The monoisotopic (exact) mass is 268 g/mol. The minimum atomic E-state index is 0.354. The maximum Gasteiger partial charge on any atom is 0.0244 e. The molecular formula is C17H36N2. The van der Waals surface area contributed by atoms with Crippen LogP contribution in [0.2, 0.25) is 0 Å². The highest BCUT2D eigenvalue weighted by Crippen LogP contribution is 2.27. The number of piperazine rings is 1. The average molecular weight is 268 g/mol. The average Bonchev–Trinajstić information content (AvgIpc) is 2.36. The molecule has 0 aromatic rings. The van der Waals surface area contributed by atoms with E-state index in [9.17, 15) is 0 Å². The van der Waals surface area contributed by atoms with E-state index in [0.29, 0.717) is 17.5 Å². The van der Waals surface area contributed by atoms with E-state index in [0.717, 1.165) is 18.5 Å². The van der Waals surface area contributed by atoms with Gasteiger partial charge in [-0.05, 0) is 31.1 Å². The van der Waals surface area contributed by atoms with Crippen LogP contribution in [0.4, 0.5) is 0 Å². The summed E-state index contributed by atoms with van der Waals surface area (Å²) in [5.41, 5.74) is 0.354. The summed E-state index contributed by atoms with van der Waals surface area (Å²) in [4.78, 5) is 2.78. The summed E-state index contributed by atoms with van der Waals surface area (Å²) in [6.45, 7) is 18.9. The first kappa shape index (κ1) is 17.0. The molecule has 1 aliphatic rings. The second-order valence-corrected chi connectivity index (χ2v) is 7.68. The second-order valence-electron chi connectivity index (χ2n) is 7.68. The van der Waals surface area contributed by atoms with Gasteiger partial charge < -0.3 is 5.32 Å². The Morgan fingerprint density at radius 1 is 1.21 bits per heavy atom. The topological polar surface area (TPSA) is 15.3 Å². The zero-order valence-corrected chi connectivity index (χ0v) is 14.3. The molecule has 1 fully saturated rings. The van der Waals surface area contributed by atoms with Gasteiger partial charge in [-0.2, -0.15) is 0 Å².